The summed E-state index contributed by atoms with van der Waals surface area (Å²) in [5.41, 5.74) is 1.18. The number of para-hydroxylation sites is 1. The minimum atomic E-state index is 0. The number of halogens is 1. The predicted octanol–water partition coefficient (Wildman–Crippen LogP) is 3.95. The average Bonchev–Trinajstić information content (AvgIpc) is 3.01. The molecule has 130 valence electrons. The molecule has 0 amide bonds. The maximum atomic E-state index is 6.17. The Morgan fingerprint density at radius 3 is 2.57 bits per heavy atom. The summed E-state index contributed by atoms with van der Waals surface area (Å²) in [5, 5.41) is 6.70. The Hall–Kier alpha value is -0.980. The maximum absolute atomic E-state index is 6.17. The zero-order valence-electron chi connectivity index (χ0n) is 14.5. The van der Waals surface area contributed by atoms with E-state index in [1.54, 1.807) is 7.05 Å². The molecule has 2 rings (SSSR count). The van der Waals surface area contributed by atoms with Crippen molar-refractivity contribution in [2.24, 2.45) is 10.9 Å². The molecule has 1 aliphatic rings. The highest BCUT2D eigenvalue weighted by molar-refractivity contribution is 14.0. The molecular weight excluding hydrogens is 401 g/mol. The molecule has 2 N–H and O–H groups in total. The number of hydrogen-bond acceptors (Lipinski definition) is 2. The van der Waals surface area contributed by atoms with Crippen LogP contribution in [-0.4, -0.2) is 25.7 Å². The second kappa shape index (κ2) is 10.7. The number of ether oxygens (including phenoxy) is 1. The molecule has 0 spiro atoms. The molecule has 0 aromatic heterocycles. The van der Waals surface area contributed by atoms with Gasteiger partial charge in [0.05, 0.1) is 6.10 Å². The quantitative estimate of drug-likeness (QED) is 0.408. The van der Waals surface area contributed by atoms with Crippen molar-refractivity contribution in [3.8, 4) is 5.75 Å². The van der Waals surface area contributed by atoms with E-state index in [1.807, 2.05) is 6.07 Å². The molecule has 1 saturated carbocycles. The third kappa shape index (κ3) is 6.97. The monoisotopic (exact) mass is 431 g/mol. The van der Waals surface area contributed by atoms with E-state index in [2.05, 4.69) is 47.7 Å². The molecule has 0 heterocycles. The van der Waals surface area contributed by atoms with Crippen LogP contribution in [0.15, 0.2) is 29.3 Å². The van der Waals surface area contributed by atoms with Gasteiger partial charge in [0.15, 0.2) is 5.96 Å². The Kier molecular flexibility index (Phi) is 9.36. The third-order valence-electron chi connectivity index (χ3n) is 3.92. The highest BCUT2D eigenvalue weighted by atomic mass is 127. The molecule has 1 aromatic rings. The Morgan fingerprint density at radius 2 is 1.91 bits per heavy atom. The van der Waals surface area contributed by atoms with Gasteiger partial charge in [-0.3, -0.25) is 4.99 Å². The first-order valence-corrected chi connectivity index (χ1v) is 8.38. The van der Waals surface area contributed by atoms with Crippen LogP contribution in [0.4, 0.5) is 0 Å². The molecule has 4 nitrogen and oxygen atoms in total. The van der Waals surface area contributed by atoms with E-state index in [0.717, 1.165) is 24.8 Å². The largest absolute Gasteiger partial charge is 0.490 e. The summed E-state index contributed by atoms with van der Waals surface area (Å²) < 4.78 is 6.17. The van der Waals surface area contributed by atoms with Gasteiger partial charge in [-0.25, -0.2) is 0 Å². The van der Waals surface area contributed by atoms with Crippen LogP contribution in [0, 0.1) is 5.92 Å². The Morgan fingerprint density at radius 1 is 1.22 bits per heavy atom. The van der Waals surface area contributed by atoms with Gasteiger partial charge in [0.25, 0.3) is 0 Å². The van der Waals surface area contributed by atoms with Gasteiger partial charge < -0.3 is 15.4 Å². The lowest BCUT2D eigenvalue weighted by atomic mass is 10.2. The molecule has 0 saturated heterocycles. The van der Waals surface area contributed by atoms with Crippen LogP contribution in [0.2, 0.25) is 0 Å². The fraction of sp³-hybridized carbons (Fsp3) is 0.611. The summed E-state index contributed by atoms with van der Waals surface area (Å²) in [6, 6.07) is 8.29. The molecule has 0 aliphatic heterocycles. The van der Waals surface area contributed by atoms with Gasteiger partial charge in [-0.1, -0.05) is 32.0 Å². The molecule has 0 bridgehead atoms. The average molecular weight is 431 g/mol. The number of benzene rings is 1. The van der Waals surface area contributed by atoms with Crippen LogP contribution >= 0.6 is 24.0 Å². The first kappa shape index (κ1) is 20.1. The van der Waals surface area contributed by atoms with E-state index in [-0.39, 0.29) is 24.0 Å². The van der Waals surface area contributed by atoms with Crippen molar-refractivity contribution >= 4 is 29.9 Å². The summed E-state index contributed by atoms with van der Waals surface area (Å²) in [5.74, 6) is 2.43. The van der Waals surface area contributed by atoms with Crippen molar-refractivity contribution in [3.63, 3.8) is 0 Å². The molecule has 1 aromatic carbocycles. The highest BCUT2D eigenvalue weighted by Crippen LogP contribution is 2.26. The van der Waals surface area contributed by atoms with Gasteiger partial charge in [-0.2, -0.15) is 0 Å². The molecular formula is C18H30IN3O. The van der Waals surface area contributed by atoms with E-state index in [0.29, 0.717) is 12.0 Å². The first-order valence-electron chi connectivity index (χ1n) is 8.38. The normalized spacial score (nSPS) is 15.4. The van der Waals surface area contributed by atoms with E-state index < -0.39 is 0 Å². The molecule has 0 unspecified atom stereocenters. The number of hydrogen-bond donors (Lipinski definition) is 2. The van der Waals surface area contributed by atoms with Crippen LogP contribution in [0.5, 0.6) is 5.75 Å². The fourth-order valence-electron chi connectivity index (χ4n) is 2.65. The topological polar surface area (TPSA) is 45.7 Å². The third-order valence-corrected chi connectivity index (χ3v) is 3.92. The molecule has 1 fully saturated rings. The number of guanidine groups is 1. The Bertz CT molecular complexity index is 485. The lowest BCUT2D eigenvalue weighted by Gasteiger charge is -2.18. The Labute approximate surface area is 157 Å². The predicted molar refractivity (Wildman–Crippen MR) is 108 cm³/mol. The van der Waals surface area contributed by atoms with Crippen LogP contribution in [-0.2, 0) is 6.54 Å². The van der Waals surface area contributed by atoms with Crippen molar-refractivity contribution in [3.05, 3.63) is 29.8 Å². The molecule has 0 atom stereocenters. The van der Waals surface area contributed by atoms with Gasteiger partial charge >= 0.3 is 0 Å². The summed E-state index contributed by atoms with van der Waals surface area (Å²) in [4.78, 5) is 4.26. The van der Waals surface area contributed by atoms with Gasteiger partial charge in [0.1, 0.15) is 5.75 Å². The molecule has 5 heteroatoms. The van der Waals surface area contributed by atoms with Crippen LogP contribution in [0.1, 0.15) is 45.1 Å². The van der Waals surface area contributed by atoms with Crippen molar-refractivity contribution in [1.82, 2.24) is 10.6 Å². The second-order valence-corrected chi connectivity index (χ2v) is 6.33. The smallest absolute Gasteiger partial charge is 0.191 e. The lowest BCUT2D eigenvalue weighted by molar-refractivity contribution is 0.208. The fourth-order valence-corrected chi connectivity index (χ4v) is 2.65. The highest BCUT2D eigenvalue weighted by Gasteiger charge is 2.17. The minimum absolute atomic E-state index is 0. The molecule has 0 radical (unpaired) electrons. The summed E-state index contributed by atoms with van der Waals surface area (Å²) in [7, 11) is 1.80. The van der Waals surface area contributed by atoms with E-state index >= 15 is 0 Å². The Balaban J connectivity index is 0.00000264. The zero-order chi connectivity index (χ0) is 15.8. The maximum Gasteiger partial charge on any atom is 0.191 e. The minimum Gasteiger partial charge on any atom is -0.490 e. The van der Waals surface area contributed by atoms with E-state index in [1.165, 1.54) is 31.2 Å². The second-order valence-electron chi connectivity index (χ2n) is 6.33. The van der Waals surface area contributed by atoms with Gasteiger partial charge in [0.2, 0.25) is 0 Å². The standard InChI is InChI=1S/C18H29N3O.HI/c1-14(2)12-20-18(19-3)21-13-15-8-4-7-11-17(15)22-16-9-5-6-10-16;/h4,7-8,11,14,16H,5-6,9-10,12-13H2,1-3H3,(H2,19,20,21);1H. The van der Waals surface area contributed by atoms with E-state index in [4.69, 9.17) is 4.74 Å². The number of nitrogens with one attached hydrogen (secondary N) is 2. The van der Waals surface area contributed by atoms with Gasteiger partial charge in [-0.05, 0) is 37.7 Å². The zero-order valence-corrected chi connectivity index (χ0v) is 16.8. The SMILES string of the molecule is CN=C(NCc1ccccc1OC1CCCC1)NCC(C)C.I. The van der Waals surface area contributed by atoms with Crippen molar-refractivity contribution in [2.45, 2.75) is 52.2 Å². The number of rotatable bonds is 6. The van der Waals surface area contributed by atoms with Crippen LogP contribution in [0.25, 0.3) is 0 Å². The van der Waals surface area contributed by atoms with Gasteiger partial charge in [0, 0.05) is 25.7 Å². The summed E-state index contributed by atoms with van der Waals surface area (Å²) in [6.07, 6.45) is 5.33. The van der Waals surface area contributed by atoms with Crippen LogP contribution < -0.4 is 15.4 Å². The lowest BCUT2D eigenvalue weighted by Crippen LogP contribution is -2.38. The molecule has 1 aliphatic carbocycles. The van der Waals surface area contributed by atoms with Crippen molar-refractivity contribution < 1.29 is 4.74 Å². The summed E-state index contributed by atoms with van der Waals surface area (Å²) in [6.45, 7) is 6.01. The van der Waals surface area contributed by atoms with Gasteiger partial charge in [-0.15, -0.1) is 24.0 Å². The van der Waals surface area contributed by atoms with Crippen molar-refractivity contribution in [1.29, 1.82) is 0 Å². The number of nitrogens with zero attached hydrogens (tertiary/aromatic N) is 1. The molecule has 23 heavy (non-hydrogen) atoms. The van der Waals surface area contributed by atoms with Crippen molar-refractivity contribution in [2.75, 3.05) is 13.6 Å². The number of aliphatic imine (C=N–C) groups is 1. The first-order chi connectivity index (χ1) is 10.7. The van der Waals surface area contributed by atoms with E-state index in [9.17, 15) is 0 Å². The van der Waals surface area contributed by atoms with Crippen LogP contribution in [0.3, 0.4) is 0 Å². The summed E-state index contributed by atoms with van der Waals surface area (Å²) >= 11 is 0.